The number of aromatic nitrogens is 3. The zero-order chi connectivity index (χ0) is 20.5. The summed E-state index contributed by atoms with van der Waals surface area (Å²) in [6, 6.07) is 19.8. The first-order valence-corrected chi connectivity index (χ1v) is 11.0. The Morgan fingerprint density at radius 2 is 1.73 bits per heavy atom. The van der Waals surface area contributed by atoms with E-state index in [1.54, 1.807) is 12.4 Å². The van der Waals surface area contributed by atoms with Gasteiger partial charge in [-0.3, -0.25) is 14.2 Å². The van der Waals surface area contributed by atoms with Crippen molar-refractivity contribution in [3.05, 3.63) is 84.3 Å². The number of rotatable bonds is 5. The largest absolute Gasteiger partial charge is 0.772 e. The van der Waals surface area contributed by atoms with Crippen molar-refractivity contribution in [3.63, 3.8) is 0 Å². The Balaban J connectivity index is 1.35. The van der Waals surface area contributed by atoms with Gasteiger partial charge in [-0.15, -0.1) is 0 Å². The van der Waals surface area contributed by atoms with Gasteiger partial charge in [0.2, 0.25) is 0 Å². The molecule has 0 saturated carbocycles. The molecule has 1 unspecified atom stereocenters. The van der Waals surface area contributed by atoms with Crippen LogP contribution >= 0.6 is 0 Å². The van der Waals surface area contributed by atoms with E-state index in [1.807, 2.05) is 42.5 Å². The Bertz CT molecular complexity index is 1220. The molecule has 2 aromatic carbocycles. The molecule has 0 N–H and O–H groups in total. The zero-order valence-electron chi connectivity index (χ0n) is 16.1. The van der Waals surface area contributed by atoms with Gasteiger partial charge in [0.15, 0.2) is 0 Å². The maximum Gasteiger partial charge on any atom is 0.129 e. The molecule has 3 heterocycles. The van der Waals surface area contributed by atoms with Gasteiger partial charge in [-0.05, 0) is 23.8 Å². The highest BCUT2D eigenvalue weighted by Gasteiger charge is 2.32. The average Bonchev–Trinajstić information content (AvgIpc) is 2.73. The van der Waals surface area contributed by atoms with Crippen molar-refractivity contribution in [3.8, 4) is 11.3 Å². The van der Waals surface area contributed by atoms with Gasteiger partial charge in [0.1, 0.15) is 5.82 Å². The van der Waals surface area contributed by atoms with Crippen LogP contribution in [0.5, 0.6) is 0 Å². The molecule has 1 fully saturated rings. The van der Waals surface area contributed by atoms with Crippen LogP contribution in [0, 0.1) is 0 Å². The fraction of sp³-hybridized carbons (Fsp3) is 0.174. The van der Waals surface area contributed by atoms with Gasteiger partial charge < -0.3 is 9.45 Å². The van der Waals surface area contributed by atoms with Gasteiger partial charge in [0.25, 0.3) is 0 Å². The van der Waals surface area contributed by atoms with Gasteiger partial charge >= 0.3 is 0 Å². The molecule has 6 nitrogen and oxygen atoms in total. The summed E-state index contributed by atoms with van der Waals surface area (Å²) in [5.74, 6) is 1.27. The third kappa shape index (κ3) is 3.69. The Hall–Kier alpha value is -3.16. The minimum atomic E-state index is -2.09. The monoisotopic (exact) mass is 415 g/mol. The Morgan fingerprint density at radius 3 is 2.53 bits per heavy atom. The smallest absolute Gasteiger partial charge is 0.129 e. The molecule has 0 aliphatic carbocycles. The molecule has 1 atom stereocenters. The van der Waals surface area contributed by atoms with Crippen LogP contribution < -0.4 is 4.90 Å². The fourth-order valence-corrected chi connectivity index (χ4v) is 4.30. The minimum absolute atomic E-state index is 0.0178. The number of pyridine rings is 1. The van der Waals surface area contributed by atoms with Crippen molar-refractivity contribution in [2.75, 3.05) is 18.0 Å². The Morgan fingerprint density at radius 1 is 0.967 bits per heavy atom. The number of fused-ring (bicyclic) bond motifs is 1. The van der Waals surface area contributed by atoms with Crippen molar-refractivity contribution in [2.45, 2.75) is 11.7 Å². The molecular formula is C23H19N4O2S-. The molecule has 5 rings (SSSR count). The third-order valence-electron chi connectivity index (χ3n) is 5.41. The van der Waals surface area contributed by atoms with Crippen molar-refractivity contribution in [1.82, 2.24) is 15.0 Å². The highest BCUT2D eigenvalue weighted by atomic mass is 32.2. The molecule has 0 bridgehead atoms. The van der Waals surface area contributed by atoms with E-state index >= 15 is 0 Å². The van der Waals surface area contributed by atoms with E-state index in [0.717, 1.165) is 52.3 Å². The third-order valence-corrected chi connectivity index (χ3v) is 5.98. The van der Waals surface area contributed by atoms with E-state index in [1.165, 1.54) is 0 Å². The second kappa shape index (κ2) is 7.93. The maximum absolute atomic E-state index is 10.9. The topological polar surface area (TPSA) is 82.0 Å². The Labute approximate surface area is 176 Å². The number of benzene rings is 2. The highest BCUT2D eigenvalue weighted by molar-refractivity contribution is 7.78. The van der Waals surface area contributed by atoms with Crippen LogP contribution in [-0.4, -0.2) is 36.8 Å². The molecule has 1 aliphatic rings. The quantitative estimate of drug-likeness (QED) is 0.463. The van der Waals surface area contributed by atoms with Crippen molar-refractivity contribution in [1.29, 1.82) is 0 Å². The second-order valence-electron chi connectivity index (χ2n) is 7.40. The van der Waals surface area contributed by atoms with E-state index in [2.05, 4.69) is 33.1 Å². The van der Waals surface area contributed by atoms with E-state index in [4.69, 9.17) is 4.98 Å². The average molecular weight is 415 g/mol. The number of hydrogen-bond acceptors (Lipinski definition) is 6. The molecule has 1 aliphatic heterocycles. The molecule has 7 heteroatoms. The molecule has 0 amide bonds. The van der Waals surface area contributed by atoms with Crippen LogP contribution in [-0.2, 0) is 16.8 Å². The number of hydrogen-bond donors (Lipinski definition) is 0. The lowest BCUT2D eigenvalue weighted by atomic mass is 9.92. The van der Waals surface area contributed by atoms with E-state index in [0.29, 0.717) is 0 Å². The van der Waals surface area contributed by atoms with Crippen LogP contribution in [0.3, 0.4) is 0 Å². The first kappa shape index (κ1) is 18.8. The summed E-state index contributed by atoms with van der Waals surface area (Å²) < 4.78 is 21.8. The van der Waals surface area contributed by atoms with Crippen LogP contribution in [0.15, 0.2) is 73.1 Å². The summed E-state index contributed by atoms with van der Waals surface area (Å²) >= 11 is -2.09. The first-order valence-electron chi connectivity index (χ1n) is 9.74. The van der Waals surface area contributed by atoms with Crippen molar-refractivity contribution < 1.29 is 8.76 Å². The second-order valence-corrected chi connectivity index (χ2v) is 8.30. The van der Waals surface area contributed by atoms with Crippen molar-refractivity contribution >= 4 is 27.8 Å². The van der Waals surface area contributed by atoms with E-state index in [-0.39, 0.29) is 11.7 Å². The SMILES string of the molecule is O=S([O-])Cc1ccc(-c2nccnc2C2CN(c3ccc4ccccc4n3)C2)cc1. The van der Waals surface area contributed by atoms with Crippen LogP contribution in [0.2, 0.25) is 0 Å². The lowest BCUT2D eigenvalue weighted by molar-refractivity contribution is 0.509. The summed E-state index contributed by atoms with van der Waals surface area (Å²) in [4.78, 5) is 16.2. The molecule has 0 radical (unpaired) electrons. The Kier molecular flexibility index (Phi) is 4.98. The van der Waals surface area contributed by atoms with Crippen LogP contribution in [0.4, 0.5) is 5.82 Å². The molecule has 0 spiro atoms. The first-order chi connectivity index (χ1) is 14.7. The number of anilines is 1. The molecule has 150 valence electrons. The summed E-state index contributed by atoms with van der Waals surface area (Å²) in [5, 5.41) is 1.14. The summed E-state index contributed by atoms with van der Waals surface area (Å²) in [5.41, 5.74) is 4.52. The predicted molar refractivity (Wildman–Crippen MR) is 117 cm³/mol. The standard InChI is InChI=1S/C23H20N4O2S/c28-30(29)15-16-5-7-18(8-6-16)22-23(25-12-11-24-22)19-13-27(14-19)21-10-9-17-3-1-2-4-20(17)26-21/h1-12,19H,13-15H2,(H,28,29)/p-1. The van der Waals surface area contributed by atoms with E-state index < -0.39 is 11.1 Å². The molecular weight excluding hydrogens is 396 g/mol. The number of para-hydroxylation sites is 1. The highest BCUT2D eigenvalue weighted by Crippen LogP contribution is 2.34. The van der Waals surface area contributed by atoms with Crippen LogP contribution in [0.25, 0.3) is 22.2 Å². The van der Waals surface area contributed by atoms with Gasteiger partial charge in [-0.25, -0.2) is 4.98 Å². The van der Waals surface area contributed by atoms with Gasteiger partial charge in [0.05, 0.1) is 16.9 Å². The minimum Gasteiger partial charge on any atom is -0.772 e. The molecule has 2 aromatic heterocycles. The predicted octanol–water partition coefficient (Wildman–Crippen LogP) is 3.67. The summed E-state index contributed by atoms with van der Waals surface area (Å²) in [6.07, 6.45) is 3.42. The maximum atomic E-state index is 10.9. The fourth-order valence-electron chi connectivity index (χ4n) is 3.83. The van der Waals surface area contributed by atoms with Crippen molar-refractivity contribution in [2.24, 2.45) is 0 Å². The number of nitrogens with zero attached hydrogens (tertiary/aromatic N) is 4. The molecule has 1 saturated heterocycles. The van der Waals surface area contributed by atoms with E-state index in [9.17, 15) is 8.76 Å². The molecule has 4 aromatic rings. The van der Waals surface area contributed by atoms with Gasteiger partial charge in [-0.2, -0.15) is 0 Å². The zero-order valence-corrected chi connectivity index (χ0v) is 17.0. The normalized spacial score (nSPS) is 15.2. The van der Waals surface area contributed by atoms with Gasteiger partial charge in [0, 0.05) is 48.1 Å². The van der Waals surface area contributed by atoms with Gasteiger partial charge in [-0.1, -0.05) is 53.5 Å². The lowest BCUT2D eigenvalue weighted by Crippen LogP contribution is -2.46. The van der Waals surface area contributed by atoms with Crippen LogP contribution in [0.1, 0.15) is 17.2 Å². The summed E-state index contributed by atoms with van der Waals surface area (Å²) in [6.45, 7) is 1.68. The molecule has 30 heavy (non-hydrogen) atoms. The summed E-state index contributed by atoms with van der Waals surface area (Å²) in [7, 11) is 0. The lowest BCUT2D eigenvalue weighted by Gasteiger charge is -2.40.